The van der Waals surface area contributed by atoms with Gasteiger partial charge in [-0.2, -0.15) is 0 Å². The molecule has 3 aromatic rings. The smallest absolute Gasteiger partial charge is 0.325 e. The second-order valence-corrected chi connectivity index (χ2v) is 10.1. The number of rotatable bonds is 8. The van der Waals surface area contributed by atoms with Crippen LogP contribution < -0.4 is 14.4 Å². The zero-order valence-corrected chi connectivity index (χ0v) is 24.2. The van der Waals surface area contributed by atoms with E-state index in [0.29, 0.717) is 37.3 Å². The van der Waals surface area contributed by atoms with Crippen molar-refractivity contribution >= 4 is 80.1 Å². The first-order valence-corrected chi connectivity index (χ1v) is 13.1. The molecule has 0 atom stereocenters. The van der Waals surface area contributed by atoms with Gasteiger partial charge in [0.25, 0.3) is 5.91 Å². The molecule has 7 nitrogen and oxygen atoms in total. The molecule has 0 bridgehead atoms. The number of methoxy groups -OCH3 is 2. The number of ether oxygens (including phenoxy) is 3. The van der Waals surface area contributed by atoms with Gasteiger partial charge in [0.1, 0.15) is 18.8 Å². The largest absolute Gasteiger partial charge is 0.493 e. The van der Waals surface area contributed by atoms with E-state index in [0.717, 1.165) is 5.56 Å². The highest BCUT2D eigenvalue weighted by molar-refractivity contribution is 9.10. The Morgan fingerprint density at radius 2 is 1.76 bits per heavy atom. The van der Waals surface area contributed by atoms with Crippen LogP contribution in [0.1, 0.15) is 11.1 Å². The molecule has 1 fully saturated rings. The number of nitrogens with zero attached hydrogens (tertiary/aromatic N) is 2. The van der Waals surface area contributed by atoms with E-state index in [1.54, 1.807) is 48.5 Å². The minimum atomic E-state index is -0.552. The minimum absolute atomic E-state index is 0.136. The molecule has 0 aliphatic carbocycles. The number of anilines is 1. The Morgan fingerprint density at radius 1 is 1.05 bits per heavy atom. The van der Waals surface area contributed by atoms with Crippen LogP contribution in [0.4, 0.5) is 5.69 Å². The van der Waals surface area contributed by atoms with Crippen molar-refractivity contribution in [1.82, 2.24) is 4.90 Å². The molecule has 0 unspecified atom stereocenters. The van der Waals surface area contributed by atoms with Crippen molar-refractivity contribution in [2.45, 2.75) is 6.61 Å². The maximum atomic E-state index is 13.6. The zero-order chi connectivity index (χ0) is 27.4. The van der Waals surface area contributed by atoms with E-state index in [-0.39, 0.29) is 24.0 Å². The third-order valence-electron chi connectivity index (χ3n) is 5.65. The van der Waals surface area contributed by atoms with Crippen molar-refractivity contribution < 1.29 is 23.8 Å². The summed E-state index contributed by atoms with van der Waals surface area (Å²) in [6, 6.07) is 17.5. The topological polar surface area (TPSA) is 68.3 Å². The molecule has 11 heteroatoms. The number of amides is 1. The van der Waals surface area contributed by atoms with Crippen LogP contribution in [-0.4, -0.2) is 42.7 Å². The average molecular weight is 636 g/mol. The highest BCUT2D eigenvalue weighted by Gasteiger charge is 2.40. The zero-order valence-electron chi connectivity index (χ0n) is 20.2. The lowest BCUT2D eigenvalue weighted by atomic mass is 10.1. The molecule has 0 saturated carbocycles. The molecule has 3 aromatic carbocycles. The first-order chi connectivity index (χ1) is 18.2. The van der Waals surface area contributed by atoms with Crippen LogP contribution in [0.15, 0.2) is 70.8 Å². The third kappa shape index (κ3) is 5.96. The molecule has 0 aromatic heterocycles. The minimum Gasteiger partial charge on any atom is -0.493 e. The van der Waals surface area contributed by atoms with Crippen molar-refractivity contribution in [2.24, 2.45) is 0 Å². The Hall–Kier alpha value is -3.11. The maximum absolute atomic E-state index is 13.6. The summed E-state index contributed by atoms with van der Waals surface area (Å²) >= 11 is 21.4. The lowest BCUT2D eigenvalue weighted by molar-refractivity contribution is -0.140. The molecule has 0 N–H and O–H groups in total. The van der Waals surface area contributed by atoms with E-state index in [1.165, 1.54) is 24.0 Å². The summed E-state index contributed by atoms with van der Waals surface area (Å²) in [5.74, 6) is -0.0479. The van der Waals surface area contributed by atoms with Crippen LogP contribution in [0.2, 0.25) is 10.0 Å². The Morgan fingerprint density at radius 3 is 2.42 bits per heavy atom. The number of thiocarbonyl (C=S) groups is 1. The van der Waals surface area contributed by atoms with Crippen LogP contribution in [-0.2, 0) is 20.9 Å². The van der Waals surface area contributed by atoms with Crippen molar-refractivity contribution in [1.29, 1.82) is 0 Å². The number of halogens is 3. The van der Waals surface area contributed by atoms with E-state index in [1.807, 2.05) is 18.2 Å². The van der Waals surface area contributed by atoms with Crippen LogP contribution in [0, 0.1) is 0 Å². The number of hydrogen-bond acceptors (Lipinski definition) is 6. The fraction of sp³-hybridized carbons (Fsp3) is 0.148. The quantitative estimate of drug-likeness (QED) is 0.159. The average Bonchev–Trinajstić information content (AvgIpc) is 3.13. The SMILES string of the molecule is COC(=O)CN1C(=S)N(c2ccc(Cl)cc2)C(=O)/C1=C/c1cc(OC)c(OCc2ccccc2Cl)cc1Br. The molecular weight excluding hydrogens is 615 g/mol. The number of carbonyl (C=O) groups is 2. The summed E-state index contributed by atoms with van der Waals surface area (Å²) < 4.78 is 17.0. The predicted octanol–water partition coefficient (Wildman–Crippen LogP) is 6.49. The predicted molar refractivity (Wildman–Crippen MR) is 155 cm³/mol. The molecule has 1 aliphatic rings. The Bertz CT molecular complexity index is 1430. The van der Waals surface area contributed by atoms with Crippen molar-refractivity contribution in [3.8, 4) is 11.5 Å². The van der Waals surface area contributed by atoms with Crippen molar-refractivity contribution in [2.75, 3.05) is 25.7 Å². The standard InChI is InChI=1S/C27H21BrCl2N2O5S/c1-35-23-12-17(20(28)13-24(23)37-15-16-5-3-4-6-21(16)30)11-22-26(34)32(19-9-7-18(29)8-10-19)27(38)31(22)14-25(33)36-2/h3-13H,14-15H2,1-2H3/b22-11-. The van der Waals surface area contributed by atoms with Gasteiger partial charge < -0.3 is 19.1 Å². The summed E-state index contributed by atoms with van der Waals surface area (Å²) in [6.07, 6.45) is 1.62. The first-order valence-electron chi connectivity index (χ1n) is 11.2. The van der Waals surface area contributed by atoms with Crippen molar-refractivity contribution in [3.05, 3.63) is 92.0 Å². The second kappa shape index (κ2) is 12.2. The normalized spacial score (nSPS) is 14.3. The summed E-state index contributed by atoms with van der Waals surface area (Å²) in [6.45, 7) is -0.0105. The Kier molecular flexibility index (Phi) is 8.94. The number of esters is 1. The molecule has 1 aliphatic heterocycles. The summed E-state index contributed by atoms with van der Waals surface area (Å²) in [7, 11) is 2.79. The molecule has 0 radical (unpaired) electrons. The molecule has 0 spiro atoms. The molecule has 38 heavy (non-hydrogen) atoms. The van der Waals surface area contributed by atoms with Gasteiger partial charge in [-0.25, -0.2) is 0 Å². The summed E-state index contributed by atoms with van der Waals surface area (Å²) in [5, 5.41) is 1.25. The van der Waals surface area contributed by atoms with Gasteiger partial charge in [-0.15, -0.1) is 0 Å². The lowest BCUT2D eigenvalue weighted by Crippen LogP contribution is -2.35. The van der Waals surface area contributed by atoms with Crippen LogP contribution in [0.3, 0.4) is 0 Å². The molecular formula is C27H21BrCl2N2O5S. The fourth-order valence-corrected chi connectivity index (χ4v) is 4.80. The van der Waals surface area contributed by atoms with Gasteiger partial charge in [-0.05, 0) is 66.3 Å². The van der Waals surface area contributed by atoms with Crippen LogP contribution in [0.25, 0.3) is 6.08 Å². The summed E-state index contributed by atoms with van der Waals surface area (Å²) in [5.41, 5.74) is 2.13. The molecule has 1 amide bonds. The Labute approximate surface area is 243 Å². The highest BCUT2D eigenvalue weighted by atomic mass is 79.9. The third-order valence-corrected chi connectivity index (χ3v) is 7.36. The number of hydrogen-bond donors (Lipinski definition) is 0. The van der Waals surface area contributed by atoms with E-state index in [9.17, 15) is 9.59 Å². The highest BCUT2D eigenvalue weighted by Crippen LogP contribution is 2.37. The molecule has 1 saturated heterocycles. The van der Waals surface area contributed by atoms with Crippen LogP contribution >= 0.6 is 51.3 Å². The van der Waals surface area contributed by atoms with Gasteiger partial charge in [-0.1, -0.05) is 57.3 Å². The van der Waals surface area contributed by atoms with Gasteiger partial charge >= 0.3 is 5.97 Å². The fourth-order valence-electron chi connectivity index (χ4n) is 3.70. The summed E-state index contributed by atoms with van der Waals surface area (Å²) in [4.78, 5) is 28.5. The second-order valence-electron chi connectivity index (χ2n) is 8.00. The van der Waals surface area contributed by atoms with E-state index in [4.69, 9.17) is 49.6 Å². The molecule has 1 heterocycles. The van der Waals surface area contributed by atoms with E-state index >= 15 is 0 Å². The van der Waals surface area contributed by atoms with Gasteiger partial charge in [0.05, 0.1) is 19.9 Å². The van der Waals surface area contributed by atoms with Gasteiger partial charge in [-0.3, -0.25) is 14.5 Å². The van der Waals surface area contributed by atoms with Gasteiger partial charge in [0.15, 0.2) is 16.6 Å². The molecule has 196 valence electrons. The number of benzene rings is 3. The lowest BCUT2D eigenvalue weighted by Gasteiger charge is -2.19. The molecule has 4 rings (SSSR count). The van der Waals surface area contributed by atoms with Gasteiger partial charge in [0, 0.05) is 20.1 Å². The van der Waals surface area contributed by atoms with Crippen molar-refractivity contribution in [3.63, 3.8) is 0 Å². The van der Waals surface area contributed by atoms with Gasteiger partial charge in [0.2, 0.25) is 0 Å². The first kappa shape index (κ1) is 27.9. The number of carbonyl (C=O) groups excluding carboxylic acids is 2. The maximum Gasteiger partial charge on any atom is 0.325 e. The monoisotopic (exact) mass is 634 g/mol. The van der Waals surface area contributed by atoms with Crippen LogP contribution in [0.5, 0.6) is 11.5 Å². The Balaban J connectivity index is 1.70. The van der Waals surface area contributed by atoms with E-state index in [2.05, 4.69) is 15.9 Å². The van der Waals surface area contributed by atoms with E-state index < -0.39 is 11.9 Å².